The number of hydrogen-bond donors (Lipinski definition) is 1. The Hall–Kier alpha value is -1.72. The van der Waals surface area contributed by atoms with Gasteiger partial charge in [-0.15, -0.1) is 0 Å². The number of carboxylic acid groups (broad SMARTS) is 1. The van der Waals surface area contributed by atoms with E-state index in [0.29, 0.717) is 25.2 Å². The molecule has 1 fully saturated rings. The number of alkyl halides is 2. The third kappa shape index (κ3) is 3.49. The molecule has 1 saturated heterocycles. The van der Waals surface area contributed by atoms with Crippen molar-refractivity contribution in [1.82, 2.24) is 4.98 Å². The van der Waals surface area contributed by atoms with Gasteiger partial charge in [-0.3, -0.25) is 0 Å². The summed E-state index contributed by atoms with van der Waals surface area (Å²) in [6.45, 7) is 4.30. The smallest absolute Gasteiger partial charge is 0.339 e. The largest absolute Gasteiger partial charge is 0.478 e. The summed E-state index contributed by atoms with van der Waals surface area (Å²) in [5.74, 6) is -3.42. The lowest BCUT2D eigenvalue weighted by Crippen LogP contribution is -2.29. The molecule has 0 aliphatic carbocycles. The summed E-state index contributed by atoms with van der Waals surface area (Å²) in [7, 11) is 0. The van der Waals surface area contributed by atoms with Gasteiger partial charge in [0.1, 0.15) is 11.4 Å². The minimum absolute atomic E-state index is 0.0925. The van der Waals surface area contributed by atoms with Gasteiger partial charge in [-0.05, 0) is 31.4 Å². The maximum atomic E-state index is 13.5. The summed E-state index contributed by atoms with van der Waals surface area (Å²) in [4.78, 5) is 17.5. The van der Waals surface area contributed by atoms with Gasteiger partial charge in [-0.2, -0.15) is 0 Å². The Balaban J connectivity index is 2.39. The van der Waals surface area contributed by atoms with Crippen molar-refractivity contribution < 1.29 is 18.7 Å². The van der Waals surface area contributed by atoms with Crippen LogP contribution in [0, 0.1) is 6.92 Å². The molecule has 0 aromatic carbocycles. The lowest BCUT2D eigenvalue weighted by atomic mass is 10.1. The molecular weight excluding hydrogens is 278 g/mol. The summed E-state index contributed by atoms with van der Waals surface area (Å²) in [5.41, 5.74) is 1.72. The molecule has 0 atom stereocenters. The molecule has 1 aliphatic rings. The first-order valence-corrected chi connectivity index (χ1v) is 7.20. The first-order valence-electron chi connectivity index (χ1n) is 7.20. The number of anilines is 1. The molecule has 1 aromatic rings. The molecule has 21 heavy (non-hydrogen) atoms. The summed E-state index contributed by atoms with van der Waals surface area (Å²) in [6, 6.07) is 1.59. The molecule has 2 heterocycles. The molecule has 1 aliphatic heterocycles. The van der Waals surface area contributed by atoms with E-state index < -0.39 is 11.9 Å². The van der Waals surface area contributed by atoms with Crippen molar-refractivity contribution in [2.45, 2.75) is 45.5 Å². The van der Waals surface area contributed by atoms with Crippen LogP contribution in [0.25, 0.3) is 0 Å². The van der Waals surface area contributed by atoms with Gasteiger partial charge in [0, 0.05) is 31.6 Å². The number of aromatic nitrogens is 1. The number of halogens is 2. The minimum atomic E-state index is -2.67. The third-order valence-corrected chi connectivity index (χ3v) is 3.88. The molecule has 6 heteroatoms. The molecule has 0 bridgehead atoms. The van der Waals surface area contributed by atoms with E-state index in [2.05, 4.69) is 4.98 Å². The van der Waals surface area contributed by atoms with E-state index in [1.165, 1.54) is 0 Å². The quantitative estimate of drug-likeness (QED) is 0.930. The highest BCUT2D eigenvalue weighted by molar-refractivity contribution is 5.93. The predicted octanol–water partition coefficient (Wildman–Crippen LogP) is 3.28. The zero-order valence-electron chi connectivity index (χ0n) is 12.3. The van der Waals surface area contributed by atoms with Crippen LogP contribution in [-0.2, 0) is 6.42 Å². The summed E-state index contributed by atoms with van der Waals surface area (Å²) in [6.07, 6.45) is 0.604. The SMILES string of the molecule is CCc1nc(N2CCCC(F)(F)CC2)c(C(=O)O)cc1C. The minimum Gasteiger partial charge on any atom is -0.478 e. The van der Waals surface area contributed by atoms with E-state index in [0.717, 1.165) is 11.3 Å². The van der Waals surface area contributed by atoms with Crippen molar-refractivity contribution in [3.8, 4) is 0 Å². The Labute approximate surface area is 122 Å². The van der Waals surface area contributed by atoms with Crippen molar-refractivity contribution in [2.24, 2.45) is 0 Å². The Morgan fingerprint density at radius 3 is 2.76 bits per heavy atom. The number of carboxylic acids is 1. The van der Waals surface area contributed by atoms with E-state index in [9.17, 15) is 18.7 Å². The monoisotopic (exact) mass is 298 g/mol. The van der Waals surface area contributed by atoms with Crippen LogP contribution in [0.4, 0.5) is 14.6 Å². The predicted molar refractivity (Wildman–Crippen MR) is 76.3 cm³/mol. The summed E-state index contributed by atoms with van der Waals surface area (Å²) >= 11 is 0. The molecule has 0 saturated carbocycles. The molecule has 0 amide bonds. The highest BCUT2D eigenvalue weighted by Crippen LogP contribution is 2.31. The van der Waals surface area contributed by atoms with Gasteiger partial charge < -0.3 is 10.0 Å². The molecule has 116 valence electrons. The second kappa shape index (κ2) is 5.95. The highest BCUT2D eigenvalue weighted by atomic mass is 19.3. The molecule has 4 nitrogen and oxygen atoms in total. The van der Waals surface area contributed by atoms with E-state index in [1.54, 1.807) is 11.0 Å². The fraction of sp³-hybridized carbons (Fsp3) is 0.600. The molecule has 1 N–H and O–H groups in total. The van der Waals surface area contributed by atoms with Gasteiger partial charge in [-0.1, -0.05) is 6.92 Å². The van der Waals surface area contributed by atoms with Gasteiger partial charge in [-0.25, -0.2) is 18.6 Å². The van der Waals surface area contributed by atoms with Crippen molar-refractivity contribution in [3.63, 3.8) is 0 Å². The number of nitrogens with zero attached hydrogens (tertiary/aromatic N) is 2. The van der Waals surface area contributed by atoms with Crippen LogP contribution in [0.2, 0.25) is 0 Å². The lowest BCUT2D eigenvalue weighted by Gasteiger charge is -2.24. The molecule has 2 rings (SSSR count). The Kier molecular flexibility index (Phi) is 4.44. The summed E-state index contributed by atoms with van der Waals surface area (Å²) < 4.78 is 26.9. The number of aromatic carboxylic acids is 1. The first kappa shape index (κ1) is 15.7. The molecule has 0 spiro atoms. The number of pyridine rings is 1. The fourth-order valence-electron chi connectivity index (χ4n) is 2.67. The second-order valence-electron chi connectivity index (χ2n) is 5.48. The zero-order chi connectivity index (χ0) is 15.6. The number of rotatable bonds is 3. The van der Waals surface area contributed by atoms with Crippen LogP contribution in [-0.4, -0.2) is 35.1 Å². The lowest BCUT2D eigenvalue weighted by molar-refractivity contribution is -0.0102. The van der Waals surface area contributed by atoms with Crippen LogP contribution in [0.3, 0.4) is 0 Å². The van der Waals surface area contributed by atoms with Crippen molar-refractivity contribution in [1.29, 1.82) is 0 Å². The average Bonchev–Trinajstić information content (AvgIpc) is 2.59. The van der Waals surface area contributed by atoms with Gasteiger partial charge in [0.25, 0.3) is 0 Å². The molecular formula is C15H20F2N2O2. The third-order valence-electron chi connectivity index (χ3n) is 3.88. The maximum Gasteiger partial charge on any atom is 0.339 e. The molecule has 0 unspecified atom stereocenters. The Bertz CT molecular complexity index is 547. The van der Waals surface area contributed by atoms with Crippen molar-refractivity contribution >= 4 is 11.8 Å². The van der Waals surface area contributed by atoms with Crippen LogP contribution in [0.5, 0.6) is 0 Å². The normalized spacial score (nSPS) is 18.4. The van der Waals surface area contributed by atoms with Crippen molar-refractivity contribution in [3.05, 3.63) is 22.9 Å². The molecule has 1 aromatic heterocycles. The van der Waals surface area contributed by atoms with Crippen molar-refractivity contribution in [2.75, 3.05) is 18.0 Å². The first-order chi connectivity index (χ1) is 9.84. The van der Waals surface area contributed by atoms with E-state index >= 15 is 0 Å². The number of carbonyl (C=O) groups is 1. The zero-order valence-corrected chi connectivity index (χ0v) is 12.3. The van der Waals surface area contributed by atoms with Gasteiger partial charge in [0.2, 0.25) is 5.92 Å². The van der Waals surface area contributed by atoms with Gasteiger partial charge in [0.05, 0.1) is 0 Å². The van der Waals surface area contributed by atoms with Crippen LogP contribution in [0.1, 0.15) is 47.8 Å². The second-order valence-corrected chi connectivity index (χ2v) is 5.48. The van der Waals surface area contributed by atoms with E-state index in [1.807, 2.05) is 13.8 Å². The highest BCUT2D eigenvalue weighted by Gasteiger charge is 2.33. The summed E-state index contributed by atoms with van der Waals surface area (Å²) in [5, 5.41) is 9.34. The number of aryl methyl sites for hydroxylation is 2. The average molecular weight is 298 g/mol. The van der Waals surface area contributed by atoms with E-state index in [4.69, 9.17) is 0 Å². The van der Waals surface area contributed by atoms with Crippen LogP contribution >= 0.6 is 0 Å². The van der Waals surface area contributed by atoms with Gasteiger partial charge in [0.15, 0.2) is 0 Å². The maximum absolute atomic E-state index is 13.5. The number of hydrogen-bond acceptors (Lipinski definition) is 3. The Morgan fingerprint density at radius 2 is 2.14 bits per heavy atom. The topological polar surface area (TPSA) is 53.4 Å². The van der Waals surface area contributed by atoms with E-state index in [-0.39, 0.29) is 24.9 Å². The Morgan fingerprint density at radius 1 is 1.43 bits per heavy atom. The standard InChI is InChI=1S/C15H20F2N2O2/c1-3-12-10(2)9-11(14(20)21)13(18-12)19-7-4-5-15(16,17)6-8-19/h9H,3-8H2,1-2H3,(H,20,21). The molecule has 0 radical (unpaired) electrons. The van der Waals surface area contributed by atoms with Gasteiger partial charge >= 0.3 is 5.97 Å². The fourth-order valence-corrected chi connectivity index (χ4v) is 2.67. The van der Waals surface area contributed by atoms with Crippen LogP contribution < -0.4 is 4.90 Å². The van der Waals surface area contributed by atoms with Crippen LogP contribution in [0.15, 0.2) is 6.07 Å².